The predicted molar refractivity (Wildman–Crippen MR) is 134 cm³/mol. The number of fused-ring (bicyclic) bond motifs is 1. The summed E-state index contributed by atoms with van der Waals surface area (Å²) in [6.45, 7) is 4.85. The number of hydrogen-bond donors (Lipinski definition) is 2. The number of aliphatic imine (C=N–C) groups is 1. The van der Waals surface area contributed by atoms with Crippen LogP contribution in [0.25, 0.3) is 11.1 Å². The second-order valence-corrected chi connectivity index (χ2v) is 7.32. The molecule has 2 aromatic carbocycles. The smallest absolute Gasteiger partial charge is 0.191 e. The van der Waals surface area contributed by atoms with Crippen molar-refractivity contribution in [3.8, 4) is 16.9 Å². The molecular formula is C23H29IN6O. The van der Waals surface area contributed by atoms with Crippen LogP contribution in [0.4, 0.5) is 0 Å². The molecule has 0 amide bonds. The monoisotopic (exact) mass is 532 g/mol. The Labute approximate surface area is 200 Å². The zero-order valence-electron chi connectivity index (χ0n) is 18.0. The van der Waals surface area contributed by atoms with Crippen LogP contribution in [0.15, 0.2) is 53.8 Å². The molecule has 0 radical (unpaired) electrons. The Morgan fingerprint density at radius 1 is 1.13 bits per heavy atom. The van der Waals surface area contributed by atoms with Crippen LogP contribution in [0.2, 0.25) is 0 Å². The van der Waals surface area contributed by atoms with Gasteiger partial charge in [0.25, 0.3) is 0 Å². The van der Waals surface area contributed by atoms with Crippen molar-refractivity contribution in [2.45, 2.75) is 32.9 Å². The van der Waals surface area contributed by atoms with Gasteiger partial charge in [0.15, 0.2) is 5.96 Å². The minimum Gasteiger partial charge on any atom is -0.493 e. The van der Waals surface area contributed by atoms with E-state index in [2.05, 4.69) is 70.1 Å². The van der Waals surface area contributed by atoms with E-state index in [9.17, 15) is 0 Å². The number of aryl methyl sites for hydroxylation is 2. The molecule has 0 saturated heterocycles. The van der Waals surface area contributed by atoms with E-state index in [1.54, 1.807) is 11.0 Å². The van der Waals surface area contributed by atoms with Gasteiger partial charge in [-0.05, 0) is 54.2 Å². The first-order chi connectivity index (χ1) is 14.7. The maximum absolute atomic E-state index is 5.72. The van der Waals surface area contributed by atoms with Gasteiger partial charge in [-0.2, -0.15) is 5.10 Å². The van der Waals surface area contributed by atoms with E-state index >= 15 is 0 Å². The second-order valence-electron chi connectivity index (χ2n) is 7.32. The fourth-order valence-corrected chi connectivity index (χ4v) is 3.50. The number of nitrogens with one attached hydrogen (secondary N) is 2. The van der Waals surface area contributed by atoms with Gasteiger partial charge in [-0.15, -0.1) is 24.0 Å². The normalized spacial score (nSPS) is 13.0. The van der Waals surface area contributed by atoms with Gasteiger partial charge in [0.05, 0.1) is 19.7 Å². The highest BCUT2D eigenvalue weighted by Crippen LogP contribution is 2.30. The number of hydrogen-bond acceptors (Lipinski definition) is 4. The number of rotatable bonds is 6. The zero-order valence-corrected chi connectivity index (χ0v) is 20.3. The molecule has 1 aliphatic heterocycles. The molecule has 1 aromatic heterocycles. The number of guanidine groups is 1. The molecule has 0 saturated carbocycles. The Hall–Kier alpha value is -2.62. The van der Waals surface area contributed by atoms with E-state index < -0.39 is 0 Å². The van der Waals surface area contributed by atoms with Crippen LogP contribution >= 0.6 is 24.0 Å². The molecule has 2 N–H and O–H groups in total. The van der Waals surface area contributed by atoms with Crippen molar-refractivity contribution in [1.82, 2.24) is 25.4 Å². The summed E-state index contributed by atoms with van der Waals surface area (Å²) >= 11 is 0. The van der Waals surface area contributed by atoms with Crippen LogP contribution in [0, 0.1) is 0 Å². The quantitative estimate of drug-likeness (QED) is 0.288. The fraction of sp³-hybridized carbons (Fsp3) is 0.348. The summed E-state index contributed by atoms with van der Waals surface area (Å²) in [4.78, 5) is 8.92. The number of aromatic nitrogens is 3. The lowest BCUT2D eigenvalue weighted by molar-refractivity contribution is 0.288. The summed E-state index contributed by atoms with van der Waals surface area (Å²) in [5.41, 5.74) is 4.91. The van der Waals surface area contributed by atoms with Crippen molar-refractivity contribution in [3.63, 3.8) is 0 Å². The maximum atomic E-state index is 5.72. The second kappa shape index (κ2) is 11.1. The van der Waals surface area contributed by atoms with Crippen molar-refractivity contribution in [1.29, 1.82) is 0 Å². The molecule has 164 valence electrons. The number of nitrogens with zero attached hydrogens (tertiary/aromatic N) is 4. The van der Waals surface area contributed by atoms with Gasteiger partial charge in [0.2, 0.25) is 0 Å². The number of benzene rings is 2. The van der Waals surface area contributed by atoms with Crippen LogP contribution in [-0.2, 0) is 26.6 Å². The molecule has 8 heteroatoms. The molecule has 3 aromatic rings. The van der Waals surface area contributed by atoms with Gasteiger partial charge in [-0.3, -0.25) is 4.68 Å². The van der Waals surface area contributed by atoms with Gasteiger partial charge < -0.3 is 15.4 Å². The first kappa shape index (κ1) is 23.1. The van der Waals surface area contributed by atoms with Crippen LogP contribution in [-0.4, -0.2) is 33.9 Å². The molecule has 2 heterocycles. The largest absolute Gasteiger partial charge is 0.493 e. The Morgan fingerprint density at radius 3 is 2.68 bits per heavy atom. The van der Waals surface area contributed by atoms with E-state index in [0.717, 1.165) is 49.1 Å². The Bertz CT molecular complexity index is 1020. The van der Waals surface area contributed by atoms with E-state index in [-0.39, 0.29) is 24.0 Å². The van der Waals surface area contributed by atoms with E-state index in [0.29, 0.717) is 13.1 Å². The van der Waals surface area contributed by atoms with Crippen molar-refractivity contribution in [3.05, 3.63) is 65.7 Å². The van der Waals surface area contributed by atoms with Crippen molar-refractivity contribution in [2.24, 2.45) is 12.0 Å². The van der Waals surface area contributed by atoms with Crippen LogP contribution < -0.4 is 15.4 Å². The van der Waals surface area contributed by atoms with Gasteiger partial charge >= 0.3 is 0 Å². The average molecular weight is 532 g/mol. The first-order valence-electron chi connectivity index (χ1n) is 10.4. The Morgan fingerprint density at radius 2 is 1.94 bits per heavy atom. The Kier molecular flexibility index (Phi) is 8.27. The van der Waals surface area contributed by atoms with Gasteiger partial charge in [0, 0.05) is 13.6 Å². The van der Waals surface area contributed by atoms with E-state index in [1.807, 2.05) is 7.05 Å². The lowest BCUT2D eigenvalue weighted by Gasteiger charge is -2.18. The highest BCUT2D eigenvalue weighted by atomic mass is 127. The van der Waals surface area contributed by atoms with Crippen molar-refractivity contribution >= 4 is 29.9 Å². The molecule has 0 spiro atoms. The SMILES string of the molecule is CCNC(=NCc1ccc(-c2ccc3c(c2)CCCO3)cc1)NCc1ncnn1C.I. The summed E-state index contributed by atoms with van der Waals surface area (Å²) in [5, 5.41) is 10.7. The van der Waals surface area contributed by atoms with Gasteiger partial charge in [-0.25, -0.2) is 9.98 Å². The number of halogens is 1. The average Bonchev–Trinajstić information content (AvgIpc) is 3.20. The fourth-order valence-electron chi connectivity index (χ4n) is 3.50. The predicted octanol–water partition coefficient (Wildman–Crippen LogP) is 3.68. The standard InChI is InChI=1S/C23H28N6O.HI/c1-3-24-23(26-15-22-27-16-28-29(22)2)25-14-17-6-8-18(9-7-17)19-10-11-21-20(13-19)5-4-12-30-21;/h6-11,13,16H,3-5,12,14-15H2,1-2H3,(H2,24,25,26);1H. The van der Waals surface area contributed by atoms with E-state index in [4.69, 9.17) is 9.73 Å². The molecule has 0 aliphatic carbocycles. The zero-order chi connectivity index (χ0) is 20.8. The summed E-state index contributed by atoms with van der Waals surface area (Å²) in [7, 11) is 1.88. The molecule has 0 atom stereocenters. The molecule has 31 heavy (non-hydrogen) atoms. The topological polar surface area (TPSA) is 76.4 Å². The third-order valence-corrected chi connectivity index (χ3v) is 5.18. The summed E-state index contributed by atoms with van der Waals surface area (Å²) in [5.74, 6) is 2.65. The minimum atomic E-state index is 0. The molecule has 1 aliphatic rings. The summed E-state index contributed by atoms with van der Waals surface area (Å²) in [6, 6.07) is 15.1. The van der Waals surface area contributed by atoms with Crippen molar-refractivity contribution in [2.75, 3.05) is 13.2 Å². The molecule has 0 unspecified atom stereocenters. The third kappa shape index (κ3) is 5.96. The summed E-state index contributed by atoms with van der Waals surface area (Å²) in [6.07, 6.45) is 3.73. The van der Waals surface area contributed by atoms with Gasteiger partial charge in [0.1, 0.15) is 17.9 Å². The Balaban J connectivity index is 0.00000272. The van der Waals surface area contributed by atoms with Crippen LogP contribution in [0.3, 0.4) is 0 Å². The lowest BCUT2D eigenvalue weighted by Crippen LogP contribution is -2.37. The van der Waals surface area contributed by atoms with Crippen LogP contribution in [0.1, 0.15) is 30.3 Å². The highest BCUT2D eigenvalue weighted by Gasteiger charge is 2.11. The highest BCUT2D eigenvalue weighted by molar-refractivity contribution is 14.0. The maximum Gasteiger partial charge on any atom is 0.191 e. The molecule has 0 fully saturated rings. The lowest BCUT2D eigenvalue weighted by atomic mass is 9.98. The first-order valence-corrected chi connectivity index (χ1v) is 10.4. The summed E-state index contributed by atoms with van der Waals surface area (Å²) < 4.78 is 7.47. The van der Waals surface area contributed by atoms with Crippen LogP contribution in [0.5, 0.6) is 5.75 Å². The molecular weight excluding hydrogens is 503 g/mol. The van der Waals surface area contributed by atoms with Gasteiger partial charge in [-0.1, -0.05) is 30.3 Å². The molecule has 0 bridgehead atoms. The van der Waals surface area contributed by atoms with Crippen molar-refractivity contribution < 1.29 is 4.74 Å². The minimum absolute atomic E-state index is 0. The van der Waals surface area contributed by atoms with E-state index in [1.165, 1.54) is 16.7 Å². The number of ether oxygens (including phenoxy) is 1. The third-order valence-electron chi connectivity index (χ3n) is 5.18. The molecule has 7 nitrogen and oxygen atoms in total. The molecule has 4 rings (SSSR count).